The van der Waals surface area contributed by atoms with Crippen LogP contribution in [0.3, 0.4) is 0 Å². The third kappa shape index (κ3) is 8.71. The second-order valence-corrected chi connectivity index (χ2v) is 8.44. The van der Waals surface area contributed by atoms with Crippen molar-refractivity contribution in [2.24, 2.45) is 0 Å². The summed E-state index contributed by atoms with van der Waals surface area (Å²) in [5, 5.41) is 7.94. The molecule has 1 aromatic heterocycles. The number of benzene rings is 2. The number of carbonyl (C=O) groups excluding carboxylic acids is 2. The molecule has 0 spiro atoms. The Labute approximate surface area is 210 Å². The van der Waals surface area contributed by atoms with E-state index in [0.29, 0.717) is 24.0 Å². The van der Waals surface area contributed by atoms with Gasteiger partial charge in [0, 0.05) is 29.7 Å². The maximum atomic E-state index is 12.8. The van der Waals surface area contributed by atoms with Gasteiger partial charge in [0.15, 0.2) is 0 Å². The van der Waals surface area contributed by atoms with E-state index >= 15 is 0 Å². The maximum Gasteiger partial charge on any atom is 0.412 e. The number of aromatic nitrogens is 1. The van der Waals surface area contributed by atoms with E-state index < -0.39 is 6.09 Å². The molecule has 0 fully saturated rings. The Morgan fingerprint density at radius 1 is 1.00 bits per heavy atom. The minimum absolute atomic E-state index is 0.0179. The minimum Gasteiger partial charge on any atom is -0.447 e. The van der Waals surface area contributed by atoms with Gasteiger partial charge in [-0.15, -0.1) is 0 Å². The fraction of sp³-hybridized carbons (Fsp3) is 0.320. The van der Waals surface area contributed by atoms with Crippen LogP contribution in [0.2, 0.25) is 5.02 Å². The van der Waals surface area contributed by atoms with Gasteiger partial charge in [0.2, 0.25) is 0 Å². The first-order valence-electron chi connectivity index (χ1n) is 11.2. The van der Waals surface area contributed by atoms with Crippen LogP contribution in [0, 0.1) is 0 Å². The number of halogens is 1. The van der Waals surface area contributed by atoms with E-state index in [2.05, 4.69) is 15.6 Å². The molecule has 9 nitrogen and oxygen atoms in total. The first-order chi connectivity index (χ1) is 16.9. The van der Waals surface area contributed by atoms with E-state index in [9.17, 15) is 9.59 Å². The molecule has 0 atom stereocenters. The Morgan fingerprint density at radius 2 is 1.74 bits per heavy atom. The minimum atomic E-state index is -0.655. The second kappa shape index (κ2) is 13.5. The summed E-state index contributed by atoms with van der Waals surface area (Å²) in [5.41, 5.74) is 0.800. The number of carbonyl (C=O) groups is 2. The van der Waals surface area contributed by atoms with Gasteiger partial charge in [-0.2, -0.15) is 0 Å². The fourth-order valence-corrected chi connectivity index (χ4v) is 3.31. The van der Waals surface area contributed by atoms with Crippen LogP contribution in [0.1, 0.15) is 5.56 Å². The summed E-state index contributed by atoms with van der Waals surface area (Å²) >= 11 is 6.17. The highest BCUT2D eigenvalue weighted by atomic mass is 35.5. The monoisotopic (exact) mass is 499 g/mol. The van der Waals surface area contributed by atoms with E-state index in [0.717, 1.165) is 16.3 Å². The maximum absolute atomic E-state index is 12.8. The molecule has 0 aliphatic heterocycles. The van der Waals surface area contributed by atoms with Crippen molar-refractivity contribution < 1.29 is 19.1 Å². The highest BCUT2D eigenvalue weighted by molar-refractivity contribution is 6.31. The standard InChI is InChI=1S/C25H30ClN5O4/c1-30(2)11-13-34-18-31(24(32)28-17-21-9-5-6-10-22(21)26)12-14-35-25(33)29-23-15-19-7-3-4-8-20(19)16-27-23/h3-10,15-16H,11-14,17-18H2,1-2H3,(H,28,32)(H,27,29,33). The quantitative estimate of drug-likeness (QED) is 0.303. The smallest absolute Gasteiger partial charge is 0.412 e. The largest absolute Gasteiger partial charge is 0.447 e. The number of likely N-dealkylation sites (N-methyl/N-ethyl adjacent to an activating group) is 1. The zero-order chi connectivity index (χ0) is 25.0. The van der Waals surface area contributed by atoms with Gasteiger partial charge >= 0.3 is 12.1 Å². The van der Waals surface area contributed by atoms with Gasteiger partial charge < -0.3 is 19.7 Å². The van der Waals surface area contributed by atoms with Crippen LogP contribution in [0.5, 0.6) is 0 Å². The van der Waals surface area contributed by atoms with Crippen LogP contribution in [-0.4, -0.2) is 74.0 Å². The molecule has 2 aromatic carbocycles. The Hall–Kier alpha value is -3.40. The Bertz CT molecular complexity index is 1130. The second-order valence-electron chi connectivity index (χ2n) is 8.03. The lowest BCUT2D eigenvalue weighted by atomic mass is 10.2. The number of fused-ring (bicyclic) bond motifs is 1. The van der Waals surface area contributed by atoms with Gasteiger partial charge in [0.25, 0.3) is 0 Å². The third-order valence-corrected chi connectivity index (χ3v) is 5.43. The van der Waals surface area contributed by atoms with Crippen molar-refractivity contribution in [1.29, 1.82) is 0 Å². The van der Waals surface area contributed by atoms with Crippen LogP contribution in [-0.2, 0) is 16.0 Å². The van der Waals surface area contributed by atoms with Crippen molar-refractivity contribution in [3.63, 3.8) is 0 Å². The first kappa shape index (κ1) is 26.2. The number of hydrogen-bond acceptors (Lipinski definition) is 6. The molecule has 10 heteroatoms. The van der Waals surface area contributed by atoms with Gasteiger partial charge in [-0.05, 0) is 37.2 Å². The lowest BCUT2D eigenvalue weighted by molar-refractivity contribution is 0.0322. The van der Waals surface area contributed by atoms with E-state index in [-0.39, 0.29) is 32.5 Å². The van der Waals surface area contributed by atoms with E-state index in [1.165, 1.54) is 4.90 Å². The molecule has 0 aliphatic carbocycles. The number of pyridine rings is 1. The summed E-state index contributed by atoms with van der Waals surface area (Å²) in [7, 11) is 3.88. The van der Waals surface area contributed by atoms with Crippen molar-refractivity contribution in [1.82, 2.24) is 20.1 Å². The molecule has 2 N–H and O–H groups in total. The van der Waals surface area contributed by atoms with Gasteiger partial charge in [-0.1, -0.05) is 54.1 Å². The number of anilines is 1. The van der Waals surface area contributed by atoms with Crippen molar-refractivity contribution in [2.75, 3.05) is 52.4 Å². The molecule has 3 aromatic rings. The lowest BCUT2D eigenvalue weighted by Crippen LogP contribution is -2.43. The molecule has 0 radical (unpaired) electrons. The average molecular weight is 500 g/mol. The summed E-state index contributed by atoms with van der Waals surface area (Å²) in [6.07, 6.45) is 1.03. The summed E-state index contributed by atoms with van der Waals surface area (Å²) in [6, 6.07) is 16.4. The number of rotatable bonds is 11. The molecule has 3 rings (SSSR count). The highest BCUT2D eigenvalue weighted by Crippen LogP contribution is 2.16. The number of nitrogens with zero attached hydrogens (tertiary/aromatic N) is 3. The van der Waals surface area contributed by atoms with Crippen LogP contribution in [0.4, 0.5) is 15.4 Å². The number of hydrogen-bond donors (Lipinski definition) is 2. The number of ether oxygens (including phenoxy) is 2. The third-order valence-electron chi connectivity index (χ3n) is 5.06. The predicted octanol–water partition coefficient (Wildman–Crippen LogP) is 4.18. The Morgan fingerprint density at radius 3 is 2.51 bits per heavy atom. The van der Waals surface area contributed by atoms with E-state index in [4.69, 9.17) is 21.1 Å². The van der Waals surface area contributed by atoms with Crippen molar-refractivity contribution in [3.8, 4) is 0 Å². The van der Waals surface area contributed by atoms with Crippen molar-refractivity contribution in [2.45, 2.75) is 6.54 Å². The zero-order valence-corrected chi connectivity index (χ0v) is 20.6. The average Bonchev–Trinajstić information content (AvgIpc) is 2.84. The van der Waals surface area contributed by atoms with Gasteiger partial charge in [-0.25, -0.2) is 14.6 Å². The van der Waals surface area contributed by atoms with E-state index in [1.807, 2.05) is 61.5 Å². The molecule has 186 valence electrons. The van der Waals surface area contributed by atoms with E-state index in [1.54, 1.807) is 18.3 Å². The van der Waals surface area contributed by atoms with Crippen molar-refractivity contribution in [3.05, 3.63) is 71.4 Å². The van der Waals surface area contributed by atoms with Gasteiger partial charge in [0.05, 0.1) is 13.2 Å². The number of urea groups is 1. The van der Waals surface area contributed by atoms with Crippen LogP contribution >= 0.6 is 11.6 Å². The van der Waals surface area contributed by atoms with Crippen molar-refractivity contribution >= 4 is 40.3 Å². The Kier molecular flexibility index (Phi) is 10.1. The summed E-state index contributed by atoms with van der Waals surface area (Å²) < 4.78 is 10.9. The molecule has 0 saturated carbocycles. The van der Waals surface area contributed by atoms with Gasteiger partial charge in [0.1, 0.15) is 19.2 Å². The molecular weight excluding hydrogens is 470 g/mol. The molecule has 1 heterocycles. The fourth-order valence-electron chi connectivity index (χ4n) is 3.11. The topological polar surface area (TPSA) is 96.0 Å². The molecule has 35 heavy (non-hydrogen) atoms. The summed E-state index contributed by atoms with van der Waals surface area (Å²) in [5.74, 6) is 0.384. The van der Waals surface area contributed by atoms with Crippen LogP contribution in [0.25, 0.3) is 10.8 Å². The molecule has 3 amide bonds. The Balaban J connectivity index is 1.50. The number of amides is 3. The normalized spacial score (nSPS) is 10.9. The predicted molar refractivity (Wildman–Crippen MR) is 136 cm³/mol. The van der Waals surface area contributed by atoms with Gasteiger partial charge in [-0.3, -0.25) is 10.2 Å². The molecular formula is C25H30ClN5O4. The summed E-state index contributed by atoms with van der Waals surface area (Å²) in [4.78, 5) is 32.6. The molecule has 0 bridgehead atoms. The zero-order valence-electron chi connectivity index (χ0n) is 19.9. The molecule has 0 saturated heterocycles. The van der Waals surface area contributed by atoms with Crippen LogP contribution < -0.4 is 10.6 Å². The SMILES string of the molecule is CN(C)CCOCN(CCOC(=O)Nc1cc2ccccc2cn1)C(=O)NCc1ccccc1Cl. The lowest BCUT2D eigenvalue weighted by Gasteiger charge is -2.23. The number of nitrogens with one attached hydrogen (secondary N) is 2. The highest BCUT2D eigenvalue weighted by Gasteiger charge is 2.15. The first-order valence-corrected chi connectivity index (χ1v) is 11.6. The molecule has 0 unspecified atom stereocenters. The summed E-state index contributed by atoms with van der Waals surface area (Å²) in [6.45, 7) is 1.62. The van der Waals surface area contributed by atoms with Crippen LogP contribution in [0.15, 0.2) is 60.8 Å². The molecule has 0 aliphatic rings.